The zero-order valence-electron chi connectivity index (χ0n) is 12.3. The Morgan fingerprint density at radius 1 is 1.29 bits per heavy atom. The third-order valence-corrected chi connectivity index (χ3v) is 4.83. The highest BCUT2D eigenvalue weighted by Crippen LogP contribution is 2.36. The molecule has 3 rings (SSSR count). The first-order valence-corrected chi connectivity index (χ1v) is 7.75. The Hall–Kier alpha value is -1.78. The Kier molecular flexibility index (Phi) is 3.74. The Labute approximate surface area is 123 Å². The number of hydrogen-bond acceptors (Lipinski definition) is 3. The van der Waals surface area contributed by atoms with Crippen molar-refractivity contribution < 1.29 is 19.1 Å². The number of rotatable bonds is 3. The van der Waals surface area contributed by atoms with Gasteiger partial charge in [0.25, 0.3) is 5.91 Å². The molecule has 5 nitrogen and oxygen atoms in total. The number of likely N-dealkylation sites (tertiary alicyclic amines) is 1. The first kappa shape index (κ1) is 14.2. The zero-order valence-corrected chi connectivity index (χ0v) is 12.3. The van der Waals surface area contributed by atoms with E-state index in [0.717, 1.165) is 13.1 Å². The van der Waals surface area contributed by atoms with Gasteiger partial charge in [0.2, 0.25) is 0 Å². The zero-order chi connectivity index (χ0) is 15.0. The first-order valence-electron chi connectivity index (χ1n) is 7.75. The number of amides is 1. The highest BCUT2D eigenvalue weighted by atomic mass is 16.4. The molecule has 1 aromatic rings. The molecule has 1 aliphatic heterocycles. The van der Waals surface area contributed by atoms with Crippen LogP contribution in [-0.2, 0) is 6.42 Å². The smallest absolute Gasteiger partial charge is 0.339 e. The fraction of sp³-hybridized carbons (Fsp3) is 0.625. The van der Waals surface area contributed by atoms with E-state index >= 15 is 0 Å². The number of carboxylic acids is 1. The molecule has 2 fully saturated rings. The van der Waals surface area contributed by atoms with Gasteiger partial charge in [-0.25, -0.2) is 4.79 Å². The third-order valence-electron chi connectivity index (χ3n) is 4.83. The van der Waals surface area contributed by atoms with Crippen LogP contribution in [0, 0.1) is 11.8 Å². The van der Waals surface area contributed by atoms with Crippen LogP contribution in [-0.4, -0.2) is 35.0 Å². The normalized spacial score (nSPS) is 24.9. The van der Waals surface area contributed by atoms with E-state index in [1.165, 1.54) is 31.7 Å². The summed E-state index contributed by atoms with van der Waals surface area (Å²) in [6, 6.07) is 1.38. The highest BCUT2D eigenvalue weighted by molar-refractivity contribution is 5.96. The maximum Gasteiger partial charge on any atom is 0.339 e. The van der Waals surface area contributed by atoms with Crippen LogP contribution in [0.25, 0.3) is 0 Å². The van der Waals surface area contributed by atoms with Crippen molar-refractivity contribution in [3.8, 4) is 0 Å². The van der Waals surface area contributed by atoms with Crippen molar-refractivity contribution in [2.75, 3.05) is 13.1 Å². The van der Waals surface area contributed by atoms with E-state index in [1.807, 2.05) is 11.8 Å². The maximum absolute atomic E-state index is 12.5. The van der Waals surface area contributed by atoms with E-state index in [4.69, 9.17) is 9.52 Å². The molecule has 1 aromatic heterocycles. The molecule has 1 N–H and O–H groups in total. The Bertz CT molecular complexity index is 549. The molecule has 1 saturated carbocycles. The van der Waals surface area contributed by atoms with Crippen LogP contribution in [0.3, 0.4) is 0 Å². The van der Waals surface area contributed by atoms with Crippen LogP contribution in [0.5, 0.6) is 0 Å². The Balaban J connectivity index is 1.78. The second kappa shape index (κ2) is 5.54. The lowest BCUT2D eigenvalue weighted by Crippen LogP contribution is -2.28. The molecule has 2 unspecified atom stereocenters. The largest absolute Gasteiger partial charge is 0.478 e. The average Bonchev–Trinajstić information content (AvgIpc) is 3.10. The fourth-order valence-electron chi connectivity index (χ4n) is 3.71. The highest BCUT2D eigenvalue weighted by Gasteiger charge is 2.37. The summed E-state index contributed by atoms with van der Waals surface area (Å²) in [7, 11) is 0. The summed E-state index contributed by atoms with van der Waals surface area (Å²) in [5.74, 6) is 0.575. The molecule has 1 saturated heterocycles. The maximum atomic E-state index is 12.5. The van der Waals surface area contributed by atoms with Crippen LogP contribution in [0.4, 0.5) is 0 Å². The number of nitrogens with zero attached hydrogens (tertiary/aromatic N) is 1. The average molecular weight is 291 g/mol. The van der Waals surface area contributed by atoms with Gasteiger partial charge >= 0.3 is 5.97 Å². The van der Waals surface area contributed by atoms with Crippen molar-refractivity contribution in [3.05, 3.63) is 23.2 Å². The number of hydrogen-bond donors (Lipinski definition) is 1. The van der Waals surface area contributed by atoms with E-state index in [1.54, 1.807) is 0 Å². The number of carbonyl (C=O) groups is 2. The predicted octanol–water partition coefficient (Wildman–Crippen LogP) is 2.80. The second-order valence-electron chi connectivity index (χ2n) is 6.12. The molecule has 1 amide bonds. The number of furan rings is 1. The third kappa shape index (κ3) is 2.57. The van der Waals surface area contributed by atoms with Crippen LogP contribution >= 0.6 is 0 Å². The molecule has 1 aliphatic carbocycles. The number of aromatic carboxylic acids is 1. The Morgan fingerprint density at radius 3 is 2.38 bits per heavy atom. The van der Waals surface area contributed by atoms with Gasteiger partial charge in [-0.3, -0.25) is 4.79 Å². The molecule has 21 heavy (non-hydrogen) atoms. The van der Waals surface area contributed by atoms with Crippen LogP contribution in [0.1, 0.15) is 59.3 Å². The van der Waals surface area contributed by atoms with Gasteiger partial charge in [-0.2, -0.15) is 0 Å². The fourth-order valence-corrected chi connectivity index (χ4v) is 3.71. The van der Waals surface area contributed by atoms with Crippen molar-refractivity contribution in [1.82, 2.24) is 4.90 Å². The number of carbonyl (C=O) groups excluding carboxylic acids is 1. The SMILES string of the molecule is CCc1oc(C(=O)N2CC3CCCCC3C2)cc1C(=O)O. The lowest BCUT2D eigenvalue weighted by Gasteiger charge is -2.22. The molecule has 5 heteroatoms. The summed E-state index contributed by atoms with van der Waals surface area (Å²) in [4.78, 5) is 25.5. The lowest BCUT2D eigenvalue weighted by molar-refractivity contribution is 0.0692. The van der Waals surface area contributed by atoms with Crippen LogP contribution in [0.2, 0.25) is 0 Å². The monoisotopic (exact) mass is 291 g/mol. The number of fused-ring (bicyclic) bond motifs is 1. The molecule has 2 heterocycles. The van der Waals surface area contributed by atoms with E-state index in [0.29, 0.717) is 24.0 Å². The molecule has 2 aliphatic rings. The number of aryl methyl sites for hydroxylation is 1. The minimum Gasteiger partial charge on any atom is -0.478 e. The van der Waals surface area contributed by atoms with Gasteiger partial charge < -0.3 is 14.4 Å². The van der Waals surface area contributed by atoms with Gasteiger partial charge in [-0.05, 0) is 24.7 Å². The summed E-state index contributed by atoms with van der Waals surface area (Å²) in [5, 5.41) is 9.14. The first-order chi connectivity index (χ1) is 10.1. The topological polar surface area (TPSA) is 70.8 Å². The van der Waals surface area contributed by atoms with Crippen molar-refractivity contribution >= 4 is 11.9 Å². The van der Waals surface area contributed by atoms with Crippen molar-refractivity contribution in [1.29, 1.82) is 0 Å². The van der Waals surface area contributed by atoms with Crippen LogP contribution < -0.4 is 0 Å². The summed E-state index contributed by atoms with van der Waals surface area (Å²) in [5.41, 5.74) is 0.109. The van der Waals surface area contributed by atoms with Crippen molar-refractivity contribution in [2.45, 2.75) is 39.0 Å². The summed E-state index contributed by atoms with van der Waals surface area (Å²) < 4.78 is 5.48. The molecule has 2 atom stereocenters. The van der Waals surface area contributed by atoms with Gasteiger partial charge in [0.05, 0.1) is 0 Å². The summed E-state index contributed by atoms with van der Waals surface area (Å²) >= 11 is 0. The Morgan fingerprint density at radius 2 is 1.90 bits per heavy atom. The van der Waals surface area contributed by atoms with Crippen LogP contribution in [0.15, 0.2) is 10.5 Å². The van der Waals surface area contributed by atoms with E-state index in [2.05, 4.69) is 0 Å². The van der Waals surface area contributed by atoms with Gasteiger partial charge in [0.1, 0.15) is 11.3 Å². The quantitative estimate of drug-likeness (QED) is 0.929. The molecule has 0 spiro atoms. The summed E-state index contributed by atoms with van der Waals surface area (Å²) in [6.45, 7) is 3.39. The molecular formula is C16H21NO4. The van der Waals surface area contributed by atoms with E-state index in [9.17, 15) is 9.59 Å². The van der Waals surface area contributed by atoms with Crippen molar-refractivity contribution in [2.24, 2.45) is 11.8 Å². The predicted molar refractivity (Wildman–Crippen MR) is 76.4 cm³/mol. The summed E-state index contributed by atoms with van der Waals surface area (Å²) in [6.07, 6.45) is 5.39. The lowest BCUT2D eigenvalue weighted by atomic mass is 9.82. The molecule has 0 bridgehead atoms. The van der Waals surface area contributed by atoms with Gasteiger partial charge in [0, 0.05) is 25.6 Å². The van der Waals surface area contributed by atoms with E-state index < -0.39 is 5.97 Å². The second-order valence-corrected chi connectivity index (χ2v) is 6.12. The molecule has 0 aromatic carbocycles. The van der Waals surface area contributed by atoms with Crippen molar-refractivity contribution in [3.63, 3.8) is 0 Å². The molecule has 114 valence electrons. The van der Waals surface area contributed by atoms with Gasteiger partial charge in [0.15, 0.2) is 5.76 Å². The molecule has 0 radical (unpaired) electrons. The molecular weight excluding hydrogens is 270 g/mol. The van der Waals surface area contributed by atoms with E-state index in [-0.39, 0.29) is 17.2 Å². The van der Waals surface area contributed by atoms with Gasteiger partial charge in [-0.15, -0.1) is 0 Å². The minimum atomic E-state index is -1.04. The number of carboxylic acid groups (broad SMARTS) is 1. The minimum absolute atomic E-state index is 0.109. The van der Waals surface area contributed by atoms with Gasteiger partial charge in [-0.1, -0.05) is 19.8 Å². The standard InChI is InChI=1S/C16H21NO4/c1-2-13-12(16(19)20)7-14(21-13)15(18)17-8-10-5-3-4-6-11(10)9-17/h7,10-11H,2-6,8-9H2,1H3,(H,19,20).